The van der Waals surface area contributed by atoms with Gasteiger partial charge in [0, 0.05) is 6.07 Å². The van der Waals surface area contributed by atoms with Crippen LogP contribution in [0.4, 0.5) is 0 Å². The molecule has 0 unspecified atom stereocenters. The van der Waals surface area contributed by atoms with E-state index in [2.05, 4.69) is 10.3 Å². The summed E-state index contributed by atoms with van der Waals surface area (Å²) in [6.07, 6.45) is 0. The van der Waals surface area contributed by atoms with Gasteiger partial charge in [-0.2, -0.15) is 5.26 Å². The van der Waals surface area contributed by atoms with Gasteiger partial charge in [-0.05, 0) is 19.1 Å². The molecule has 0 amide bonds. The van der Waals surface area contributed by atoms with E-state index >= 15 is 0 Å². The minimum Gasteiger partial charge on any atom is -0.497 e. The third-order valence-electron chi connectivity index (χ3n) is 2.30. The van der Waals surface area contributed by atoms with Crippen LogP contribution in [0.2, 0.25) is 0 Å². The molecule has 0 radical (unpaired) electrons. The molecule has 0 aliphatic carbocycles. The van der Waals surface area contributed by atoms with Crippen LogP contribution >= 0.6 is 0 Å². The van der Waals surface area contributed by atoms with Crippen molar-refractivity contribution in [2.45, 2.75) is 6.92 Å². The van der Waals surface area contributed by atoms with Gasteiger partial charge in [-0.15, -0.1) is 5.10 Å². The van der Waals surface area contributed by atoms with Crippen molar-refractivity contribution in [3.63, 3.8) is 0 Å². The summed E-state index contributed by atoms with van der Waals surface area (Å²) >= 11 is 0. The van der Waals surface area contributed by atoms with Crippen molar-refractivity contribution < 1.29 is 4.74 Å². The number of nitrogens with zero attached hydrogens (tertiary/aromatic N) is 4. The van der Waals surface area contributed by atoms with Crippen LogP contribution in [0.1, 0.15) is 11.4 Å². The lowest BCUT2D eigenvalue weighted by molar-refractivity contribution is 0.414. The Morgan fingerprint density at radius 2 is 2.25 bits per heavy atom. The van der Waals surface area contributed by atoms with E-state index in [4.69, 9.17) is 10.00 Å². The number of methoxy groups -OCH3 is 1. The summed E-state index contributed by atoms with van der Waals surface area (Å²) in [7, 11) is 1.61. The minimum absolute atomic E-state index is 0.336. The molecular weight excluding hydrogens is 204 g/mol. The first-order chi connectivity index (χ1) is 7.76. The third-order valence-corrected chi connectivity index (χ3v) is 2.30. The lowest BCUT2D eigenvalue weighted by Crippen LogP contribution is -1.99. The molecule has 0 atom stereocenters. The van der Waals surface area contributed by atoms with E-state index in [0.717, 1.165) is 17.1 Å². The Morgan fingerprint density at radius 1 is 1.44 bits per heavy atom. The summed E-state index contributed by atoms with van der Waals surface area (Å²) in [6, 6.07) is 9.42. The van der Waals surface area contributed by atoms with Crippen molar-refractivity contribution in [3.8, 4) is 17.5 Å². The van der Waals surface area contributed by atoms with E-state index in [0.29, 0.717) is 5.69 Å². The highest BCUT2D eigenvalue weighted by atomic mass is 16.5. The Morgan fingerprint density at radius 3 is 2.88 bits per heavy atom. The molecule has 2 aromatic rings. The number of nitriles is 1. The Balaban J connectivity index is 2.51. The van der Waals surface area contributed by atoms with E-state index in [1.807, 2.05) is 30.3 Å². The Hall–Kier alpha value is -2.35. The van der Waals surface area contributed by atoms with Gasteiger partial charge >= 0.3 is 0 Å². The molecule has 0 aliphatic heterocycles. The van der Waals surface area contributed by atoms with Gasteiger partial charge in [0.25, 0.3) is 0 Å². The molecule has 1 heterocycles. The molecule has 0 aliphatic rings. The Bertz CT molecular complexity index is 553. The number of rotatable bonds is 2. The zero-order valence-corrected chi connectivity index (χ0v) is 9.01. The number of ether oxygens (including phenoxy) is 1. The summed E-state index contributed by atoms with van der Waals surface area (Å²) in [5.74, 6) is 0.742. The van der Waals surface area contributed by atoms with Crippen LogP contribution in [0.3, 0.4) is 0 Å². The molecule has 0 N–H and O–H groups in total. The number of aromatic nitrogens is 3. The highest BCUT2D eigenvalue weighted by Gasteiger charge is 2.09. The summed E-state index contributed by atoms with van der Waals surface area (Å²) in [5, 5.41) is 16.5. The van der Waals surface area contributed by atoms with Crippen molar-refractivity contribution in [2.75, 3.05) is 7.11 Å². The second-order valence-corrected chi connectivity index (χ2v) is 3.25. The average Bonchev–Trinajstić information content (AvgIpc) is 2.70. The molecule has 0 bridgehead atoms. The van der Waals surface area contributed by atoms with Crippen molar-refractivity contribution in [1.29, 1.82) is 5.26 Å². The third kappa shape index (κ3) is 1.61. The van der Waals surface area contributed by atoms with Crippen molar-refractivity contribution in [1.82, 2.24) is 15.0 Å². The van der Waals surface area contributed by atoms with Gasteiger partial charge in [0.05, 0.1) is 18.5 Å². The van der Waals surface area contributed by atoms with Crippen LogP contribution in [0.25, 0.3) is 5.69 Å². The van der Waals surface area contributed by atoms with E-state index in [1.165, 1.54) is 0 Å². The molecular formula is C11H10N4O. The maximum Gasteiger partial charge on any atom is 0.186 e. The molecule has 1 aromatic heterocycles. The first-order valence-corrected chi connectivity index (χ1v) is 4.73. The number of hydrogen-bond donors (Lipinski definition) is 0. The molecule has 80 valence electrons. The predicted molar refractivity (Wildman–Crippen MR) is 57.4 cm³/mol. The van der Waals surface area contributed by atoms with Gasteiger partial charge in [0.2, 0.25) is 0 Å². The molecule has 5 heteroatoms. The number of benzene rings is 1. The molecule has 1 aromatic carbocycles. The monoisotopic (exact) mass is 214 g/mol. The maximum atomic E-state index is 8.79. The average molecular weight is 214 g/mol. The van der Waals surface area contributed by atoms with E-state index in [1.54, 1.807) is 18.7 Å². The maximum absolute atomic E-state index is 8.79. The molecule has 0 saturated carbocycles. The van der Waals surface area contributed by atoms with Gasteiger partial charge in [-0.25, -0.2) is 4.68 Å². The second kappa shape index (κ2) is 4.03. The fraction of sp³-hybridized carbons (Fsp3) is 0.182. The van der Waals surface area contributed by atoms with E-state index in [9.17, 15) is 0 Å². The molecule has 16 heavy (non-hydrogen) atoms. The van der Waals surface area contributed by atoms with Gasteiger partial charge in [-0.3, -0.25) is 0 Å². The van der Waals surface area contributed by atoms with Crippen molar-refractivity contribution in [3.05, 3.63) is 35.7 Å². The Labute approximate surface area is 92.9 Å². The van der Waals surface area contributed by atoms with Crippen molar-refractivity contribution in [2.24, 2.45) is 0 Å². The van der Waals surface area contributed by atoms with Gasteiger partial charge in [-0.1, -0.05) is 11.3 Å². The van der Waals surface area contributed by atoms with Gasteiger partial charge in [0.15, 0.2) is 5.69 Å². The lowest BCUT2D eigenvalue weighted by atomic mass is 10.3. The number of hydrogen-bond acceptors (Lipinski definition) is 4. The quantitative estimate of drug-likeness (QED) is 0.759. The van der Waals surface area contributed by atoms with Gasteiger partial charge in [0.1, 0.15) is 11.8 Å². The molecule has 0 fully saturated rings. The van der Waals surface area contributed by atoms with Crippen LogP contribution in [0.15, 0.2) is 24.3 Å². The standard InChI is InChI=1S/C11H10N4O/c1-8-11(7-12)13-14-15(8)9-4-3-5-10(6-9)16-2/h3-6H,1-2H3. The normalized spacial score (nSPS) is 9.81. The second-order valence-electron chi connectivity index (χ2n) is 3.25. The Kier molecular flexibility index (Phi) is 2.56. The highest BCUT2D eigenvalue weighted by Crippen LogP contribution is 2.17. The van der Waals surface area contributed by atoms with Crippen LogP contribution < -0.4 is 4.74 Å². The van der Waals surface area contributed by atoms with Crippen molar-refractivity contribution >= 4 is 0 Å². The summed E-state index contributed by atoms with van der Waals surface area (Å²) in [6.45, 7) is 1.80. The first kappa shape index (κ1) is 10.2. The minimum atomic E-state index is 0.336. The summed E-state index contributed by atoms with van der Waals surface area (Å²) in [5.41, 5.74) is 1.88. The smallest absolute Gasteiger partial charge is 0.186 e. The van der Waals surface area contributed by atoms with Crippen LogP contribution in [0.5, 0.6) is 5.75 Å². The highest BCUT2D eigenvalue weighted by molar-refractivity contribution is 5.41. The SMILES string of the molecule is COc1cccc(-n2nnc(C#N)c2C)c1. The first-order valence-electron chi connectivity index (χ1n) is 4.73. The molecule has 0 saturated heterocycles. The zero-order valence-electron chi connectivity index (χ0n) is 9.01. The fourth-order valence-electron chi connectivity index (χ4n) is 1.42. The molecule has 5 nitrogen and oxygen atoms in total. The van der Waals surface area contributed by atoms with Gasteiger partial charge < -0.3 is 4.74 Å². The largest absolute Gasteiger partial charge is 0.497 e. The van der Waals surface area contributed by atoms with E-state index < -0.39 is 0 Å². The lowest BCUT2D eigenvalue weighted by Gasteiger charge is -2.04. The van der Waals surface area contributed by atoms with Crippen LogP contribution in [-0.4, -0.2) is 22.1 Å². The molecule has 0 spiro atoms. The van der Waals surface area contributed by atoms with Crippen LogP contribution in [-0.2, 0) is 0 Å². The zero-order chi connectivity index (χ0) is 11.5. The van der Waals surface area contributed by atoms with E-state index in [-0.39, 0.29) is 0 Å². The summed E-state index contributed by atoms with van der Waals surface area (Å²) in [4.78, 5) is 0. The predicted octanol–water partition coefficient (Wildman–Crippen LogP) is 1.46. The topological polar surface area (TPSA) is 63.7 Å². The molecule has 2 rings (SSSR count). The fourth-order valence-corrected chi connectivity index (χ4v) is 1.42. The summed E-state index contributed by atoms with van der Waals surface area (Å²) < 4.78 is 6.73. The van der Waals surface area contributed by atoms with Crippen LogP contribution in [0, 0.1) is 18.3 Å².